The van der Waals surface area contributed by atoms with Crippen LogP contribution in [-0.2, 0) is 4.79 Å². The van der Waals surface area contributed by atoms with Crippen LogP contribution in [0, 0.1) is 5.92 Å². The van der Waals surface area contributed by atoms with Crippen molar-refractivity contribution in [2.45, 2.75) is 32.6 Å². The molecule has 25 heavy (non-hydrogen) atoms. The highest BCUT2D eigenvalue weighted by molar-refractivity contribution is 5.87. The Hall–Kier alpha value is -2.62. The summed E-state index contributed by atoms with van der Waals surface area (Å²) in [7, 11) is 0. The molecule has 1 aliphatic carbocycles. The Bertz CT molecular complexity index is 713. The minimum atomic E-state index is -0.224. The number of amides is 1. The van der Waals surface area contributed by atoms with Crippen LogP contribution in [0.1, 0.15) is 32.6 Å². The van der Waals surface area contributed by atoms with Crippen LogP contribution in [0.25, 0.3) is 11.1 Å². The lowest BCUT2D eigenvalue weighted by molar-refractivity contribution is -0.123. The van der Waals surface area contributed by atoms with E-state index in [0.29, 0.717) is 5.75 Å². The summed E-state index contributed by atoms with van der Waals surface area (Å²) in [6.07, 6.45) is 4.25. The second-order valence-electron chi connectivity index (χ2n) is 6.57. The molecule has 3 rings (SSSR count). The highest BCUT2D eigenvalue weighted by atomic mass is 16.5. The summed E-state index contributed by atoms with van der Waals surface area (Å²) in [6.45, 7) is 2.23. The zero-order valence-corrected chi connectivity index (χ0v) is 14.6. The first kappa shape index (κ1) is 17.2. The molecule has 2 aromatic rings. The zero-order chi connectivity index (χ0) is 17.5. The van der Waals surface area contributed by atoms with E-state index in [4.69, 9.17) is 4.74 Å². The highest BCUT2D eigenvalue weighted by Crippen LogP contribution is 2.22. The number of hydrogen-bond donors (Lipinski definition) is 1. The summed E-state index contributed by atoms with van der Waals surface area (Å²) in [5, 5.41) is 4.22. The monoisotopic (exact) mass is 336 g/mol. The molecule has 0 bridgehead atoms. The lowest BCUT2D eigenvalue weighted by Crippen LogP contribution is -2.26. The summed E-state index contributed by atoms with van der Waals surface area (Å²) in [5.41, 5.74) is 5.96. The first-order chi connectivity index (χ1) is 12.2. The highest BCUT2D eigenvalue weighted by Gasteiger charge is 2.13. The summed E-state index contributed by atoms with van der Waals surface area (Å²) in [5.74, 6) is 1.21. The van der Waals surface area contributed by atoms with Crippen LogP contribution in [0.2, 0.25) is 0 Å². The van der Waals surface area contributed by atoms with Gasteiger partial charge in [0.2, 0.25) is 0 Å². The number of hydrazone groups is 1. The molecule has 0 aliphatic heterocycles. The molecule has 1 N–H and O–H groups in total. The van der Waals surface area contributed by atoms with Gasteiger partial charge in [0.1, 0.15) is 5.75 Å². The van der Waals surface area contributed by atoms with Gasteiger partial charge < -0.3 is 4.74 Å². The Kier molecular flexibility index (Phi) is 5.83. The normalized spacial score (nSPS) is 17.0. The summed E-state index contributed by atoms with van der Waals surface area (Å²) < 4.78 is 5.53. The fourth-order valence-electron chi connectivity index (χ4n) is 2.90. The van der Waals surface area contributed by atoms with Crippen molar-refractivity contribution in [2.24, 2.45) is 11.0 Å². The number of benzene rings is 2. The fourth-order valence-corrected chi connectivity index (χ4v) is 2.90. The van der Waals surface area contributed by atoms with Gasteiger partial charge in [-0.1, -0.05) is 49.4 Å². The summed E-state index contributed by atoms with van der Waals surface area (Å²) in [4.78, 5) is 11.9. The van der Waals surface area contributed by atoms with Crippen molar-refractivity contribution >= 4 is 11.6 Å². The van der Waals surface area contributed by atoms with E-state index in [1.807, 2.05) is 42.5 Å². The van der Waals surface area contributed by atoms with Crippen LogP contribution in [0.15, 0.2) is 59.7 Å². The van der Waals surface area contributed by atoms with Gasteiger partial charge in [0, 0.05) is 5.71 Å². The topological polar surface area (TPSA) is 50.7 Å². The lowest BCUT2D eigenvalue weighted by atomic mass is 9.90. The molecule has 2 aromatic carbocycles. The molecule has 4 heteroatoms. The molecule has 0 atom stereocenters. The van der Waals surface area contributed by atoms with Crippen LogP contribution >= 0.6 is 0 Å². The minimum absolute atomic E-state index is 0.0299. The molecule has 0 heterocycles. The first-order valence-electron chi connectivity index (χ1n) is 8.83. The molecule has 1 aliphatic rings. The molecule has 4 nitrogen and oxygen atoms in total. The number of ether oxygens (including phenoxy) is 1. The molecule has 0 unspecified atom stereocenters. The maximum absolute atomic E-state index is 11.9. The predicted octanol–water partition coefficient (Wildman–Crippen LogP) is 4.41. The van der Waals surface area contributed by atoms with E-state index < -0.39 is 0 Å². The second kappa shape index (κ2) is 8.47. The Morgan fingerprint density at radius 2 is 1.68 bits per heavy atom. The average Bonchev–Trinajstić information content (AvgIpc) is 2.67. The Morgan fingerprint density at radius 1 is 1.04 bits per heavy atom. The number of rotatable bonds is 5. The molecule has 0 radical (unpaired) electrons. The molecule has 0 aromatic heterocycles. The molecule has 1 fully saturated rings. The van der Waals surface area contributed by atoms with E-state index in [1.165, 1.54) is 0 Å². The van der Waals surface area contributed by atoms with Gasteiger partial charge in [-0.2, -0.15) is 5.10 Å². The predicted molar refractivity (Wildman–Crippen MR) is 101 cm³/mol. The largest absolute Gasteiger partial charge is 0.484 e. The van der Waals surface area contributed by atoms with Gasteiger partial charge in [0.15, 0.2) is 6.61 Å². The number of carbonyl (C=O) groups is 1. The van der Waals surface area contributed by atoms with Crippen molar-refractivity contribution in [3.8, 4) is 16.9 Å². The van der Waals surface area contributed by atoms with Gasteiger partial charge in [0.25, 0.3) is 5.91 Å². The quantitative estimate of drug-likeness (QED) is 0.822. The van der Waals surface area contributed by atoms with Gasteiger partial charge in [-0.05, 0) is 54.9 Å². The number of carbonyl (C=O) groups excluding carboxylic acids is 1. The standard InChI is InChI=1S/C21H24N2O2/c1-16-7-11-19(12-8-16)22-23-21(24)15-25-20-13-9-18(10-14-20)17-5-3-2-4-6-17/h2-6,9-10,13-14,16H,7-8,11-12,15H2,1H3,(H,23,24). The van der Waals surface area contributed by atoms with Crippen LogP contribution in [0.3, 0.4) is 0 Å². The number of nitrogens with zero attached hydrogens (tertiary/aromatic N) is 1. The van der Waals surface area contributed by atoms with Gasteiger partial charge in [-0.25, -0.2) is 5.43 Å². The number of nitrogens with one attached hydrogen (secondary N) is 1. The third kappa shape index (κ3) is 5.18. The smallest absolute Gasteiger partial charge is 0.277 e. The number of hydrogen-bond acceptors (Lipinski definition) is 3. The summed E-state index contributed by atoms with van der Waals surface area (Å²) >= 11 is 0. The average molecular weight is 336 g/mol. The minimum Gasteiger partial charge on any atom is -0.484 e. The van der Waals surface area contributed by atoms with Gasteiger partial charge in [0.05, 0.1) is 0 Å². The lowest BCUT2D eigenvalue weighted by Gasteiger charge is -2.18. The first-order valence-corrected chi connectivity index (χ1v) is 8.83. The van der Waals surface area contributed by atoms with Crippen molar-refractivity contribution in [3.63, 3.8) is 0 Å². The zero-order valence-electron chi connectivity index (χ0n) is 14.6. The van der Waals surface area contributed by atoms with Crippen LogP contribution in [-0.4, -0.2) is 18.2 Å². The van der Waals surface area contributed by atoms with Gasteiger partial charge >= 0.3 is 0 Å². The van der Waals surface area contributed by atoms with Crippen LogP contribution < -0.4 is 10.2 Å². The van der Waals surface area contributed by atoms with E-state index in [2.05, 4.69) is 29.6 Å². The maximum Gasteiger partial charge on any atom is 0.277 e. The van der Waals surface area contributed by atoms with Crippen molar-refractivity contribution in [2.75, 3.05) is 6.61 Å². The van der Waals surface area contributed by atoms with E-state index in [0.717, 1.165) is 48.4 Å². The van der Waals surface area contributed by atoms with E-state index in [1.54, 1.807) is 0 Å². The van der Waals surface area contributed by atoms with Gasteiger partial charge in [-0.3, -0.25) is 4.79 Å². The molecule has 0 spiro atoms. The Balaban J connectivity index is 1.47. The Labute approximate surface area is 148 Å². The third-order valence-electron chi connectivity index (χ3n) is 4.52. The Morgan fingerprint density at radius 3 is 2.36 bits per heavy atom. The van der Waals surface area contributed by atoms with Gasteiger partial charge in [-0.15, -0.1) is 0 Å². The molecule has 1 saturated carbocycles. The molecular weight excluding hydrogens is 312 g/mol. The van der Waals surface area contributed by atoms with Crippen molar-refractivity contribution < 1.29 is 9.53 Å². The van der Waals surface area contributed by atoms with Crippen LogP contribution in [0.5, 0.6) is 5.75 Å². The van der Waals surface area contributed by atoms with E-state index in [-0.39, 0.29) is 12.5 Å². The van der Waals surface area contributed by atoms with E-state index >= 15 is 0 Å². The SMILES string of the molecule is CC1CCC(=NNC(=O)COc2ccc(-c3ccccc3)cc2)CC1. The third-order valence-corrected chi connectivity index (χ3v) is 4.52. The molecule has 130 valence electrons. The van der Waals surface area contributed by atoms with Crippen molar-refractivity contribution in [1.29, 1.82) is 0 Å². The second-order valence-corrected chi connectivity index (χ2v) is 6.57. The molecule has 0 saturated heterocycles. The van der Waals surface area contributed by atoms with Crippen molar-refractivity contribution in [1.82, 2.24) is 5.43 Å². The fraction of sp³-hybridized carbons (Fsp3) is 0.333. The molecule has 1 amide bonds. The van der Waals surface area contributed by atoms with E-state index in [9.17, 15) is 4.79 Å². The van der Waals surface area contributed by atoms with Crippen LogP contribution in [0.4, 0.5) is 0 Å². The van der Waals surface area contributed by atoms with Crippen molar-refractivity contribution in [3.05, 3.63) is 54.6 Å². The maximum atomic E-state index is 11.9. The summed E-state index contributed by atoms with van der Waals surface area (Å²) in [6, 6.07) is 17.9. The molecular formula is C21H24N2O2.